The number of ketones is 6. The number of aliphatic imine (C=N–C) groups is 9. The highest BCUT2D eigenvalue weighted by Gasteiger charge is 2.37. The normalized spacial score (nSPS) is 13.2. The minimum atomic E-state index is -1.48. The molecule has 0 bridgehead atoms. The van der Waals surface area contributed by atoms with Crippen LogP contribution < -0.4 is 141 Å². The molecule has 0 aliphatic heterocycles. The van der Waals surface area contributed by atoms with Gasteiger partial charge in [-0.1, -0.05) is 6.92 Å². The van der Waals surface area contributed by atoms with Gasteiger partial charge >= 0.3 is 0 Å². The Labute approximate surface area is 734 Å². The van der Waals surface area contributed by atoms with E-state index >= 15 is 19.2 Å². The van der Waals surface area contributed by atoms with Gasteiger partial charge < -0.3 is 160 Å². The molecule has 0 heterocycles. The fraction of sp³-hybridized carbons (Fsp3) is 0.711. The summed E-state index contributed by atoms with van der Waals surface area (Å²) in [6, 6.07) is -7.07. The summed E-state index contributed by atoms with van der Waals surface area (Å²) in [6.45, 7) is 2.84. The van der Waals surface area contributed by atoms with Gasteiger partial charge in [0.05, 0.1) is 37.4 Å². The molecule has 0 aromatic rings. The number of nitrogens with two attached hydrogens (primary N) is 19. The van der Waals surface area contributed by atoms with Crippen LogP contribution in [0.1, 0.15) is 181 Å². The third-order valence-electron chi connectivity index (χ3n) is 18.9. The Morgan fingerprint density at radius 1 is 0.278 bits per heavy atom. The highest BCUT2D eigenvalue weighted by Crippen LogP contribution is 2.24. The first-order valence-corrected chi connectivity index (χ1v) is 42.1. The van der Waals surface area contributed by atoms with E-state index in [0.717, 1.165) is 6.42 Å². The first-order chi connectivity index (χ1) is 59.6. The van der Waals surface area contributed by atoms with Gasteiger partial charge in [0.2, 0.25) is 41.4 Å². The summed E-state index contributed by atoms with van der Waals surface area (Å²) >= 11 is 0. The van der Waals surface area contributed by atoms with Crippen LogP contribution in [-0.2, 0) is 76.5 Å². The summed E-state index contributed by atoms with van der Waals surface area (Å²) in [5.74, 6) is -17.4. The van der Waals surface area contributed by atoms with Gasteiger partial charge in [0.1, 0.15) is 25.0 Å². The number of hydrogen-bond donors (Lipinski definition) is 25. The van der Waals surface area contributed by atoms with E-state index in [1.807, 2.05) is 6.92 Å². The van der Waals surface area contributed by atoms with E-state index in [1.165, 1.54) is 6.92 Å². The van der Waals surface area contributed by atoms with E-state index in [0.29, 0.717) is 19.4 Å². The number of nitrogens with one attached hydrogen (secondary N) is 6. The Balaban J connectivity index is 7.87. The van der Waals surface area contributed by atoms with E-state index in [1.54, 1.807) is 0 Å². The van der Waals surface area contributed by atoms with Crippen LogP contribution >= 0.6 is 0 Å². The molecule has 7 amide bonds. The maximum atomic E-state index is 15.2. The Kier molecular flexibility index (Phi) is 61.3. The van der Waals surface area contributed by atoms with Gasteiger partial charge in [0, 0.05) is 147 Å². The van der Waals surface area contributed by atoms with Crippen LogP contribution in [0.3, 0.4) is 0 Å². The average Bonchev–Trinajstić information content (AvgIpc) is 0.849. The molecule has 126 heavy (non-hydrogen) atoms. The van der Waals surface area contributed by atoms with Gasteiger partial charge in [-0.3, -0.25) is 102 Å². The number of amides is 7. The first kappa shape index (κ1) is 114. The predicted molar refractivity (Wildman–Crippen MR) is 479 cm³/mol. The zero-order valence-electron chi connectivity index (χ0n) is 73.0. The molecule has 714 valence electrons. The van der Waals surface area contributed by atoms with Crippen molar-refractivity contribution >= 4 is 130 Å². The van der Waals surface area contributed by atoms with E-state index in [9.17, 15) is 43.2 Å². The lowest BCUT2D eigenvalue weighted by Gasteiger charge is -2.27. The molecular formula is C76H144N34O16. The summed E-state index contributed by atoms with van der Waals surface area (Å²) in [6.07, 6.45) is -0.831. The van der Waals surface area contributed by atoms with Gasteiger partial charge in [-0.05, 0) is 135 Å². The fourth-order valence-electron chi connectivity index (χ4n) is 12.6. The minimum Gasteiger partial charge on any atom is -0.379 e. The Morgan fingerprint density at radius 2 is 0.532 bits per heavy atom. The molecule has 0 aromatic heterocycles. The average molecular weight is 1790 g/mol. The molecule has 44 N–H and O–H groups in total. The molecule has 0 aliphatic rings. The van der Waals surface area contributed by atoms with Crippen molar-refractivity contribution in [1.29, 1.82) is 0 Å². The number of nitrogens with zero attached hydrogens (tertiary/aromatic N) is 9. The summed E-state index contributed by atoms with van der Waals surface area (Å²) in [5.41, 5.74) is 107. The van der Waals surface area contributed by atoms with Crippen molar-refractivity contribution in [1.82, 2.24) is 31.9 Å². The number of carbonyl (C=O) groups excluding carboxylic acids is 13. The van der Waals surface area contributed by atoms with Gasteiger partial charge in [-0.15, -0.1) is 0 Å². The van der Waals surface area contributed by atoms with Crippen LogP contribution in [-0.4, -0.2) is 265 Å². The van der Waals surface area contributed by atoms with Crippen LogP contribution in [0.5, 0.6) is 0 Å². The van der Waals surface area contributed by atoms with Gasteiger partial charge in [-0.2, -0.15) is 0 Å². The Morgan fingerprint density at radius 3 is 0.794 bits per heavy atom. The number of rotatable bonds is 76. The quantitative estimate of drug-likeness (QED) is 0.0153. The van der Waals surface area contributed by atoms with Crippen molar-refractivity contribution in [2.45, 2.75) is 211 Å². The van der Waals surface area contributed by atoms with Gasteiger partial charge in [-0.25, -0.2) is 0 Å². The monoisotopic (exact) mass is 1790 g/mol. The number of primary amides is 1. The van der Waals surface area contributed by atoms with E-state index < -0.39 is 163 Å². The lowest BCUT2D eigenvalue weighted by Crippen LogP contribution is -2.53. The SMILES string of the molecule is CCCOCC(=O)CCCOCCOCC(=O)N[C@@H](CNC(=O)[C@H](CCCN=C(N)N)CC(=O)[C@H](CCCN=C(N)N)NC(=O)[C@H](CCCN=C(N)N)CC(=O)[C@H](CCCN=C(N)N)NC(=O)[C@H](CCCN=C(N)N)CC(=O)[C@H](CCCN=C(N)N)NC(=O)[C@H](CCCN=C(N)N)CC(=O)[C@H](CCCN=C(N)N)NC(=O)[C@H](CCCN=C(N)N)CC(C)=O)C(N)=O. The van der Waals surface area contributed by atoms with Crippen LogP contribution in [0.2, 0.25) is 0 Å². The second-order valence-corrected chi connectivity index (χ2v) is 30.0. The van der Waals surface area contributed by atoms with E-state index in [-0.39, 0.29) is 273 Å². The zero-order valence-corrected chi connectivity index (χ0v) is 73.0. The van der Waals surface area contributed by atoms with Crippen molar-refractivity contribution in [2.75, 3.05) is 105 Å². The first-order valence-electron chi connectivity index (χ1n) is 42.1. The predicted octanol–water partition coefficient (Wildman–Crippen LogP) is -8.80. The molecule has 0 saturated heterocycles. The zero-order chi connectivity index (χ0) is 94.9. The maximum Gasteiger partial charge on any atom is 0.246 e. The van der Waals surface area contributed by atoms with Crippen LogP contribution in [0, 0.1) is 29.6 Å². The number of carbonyl (C=O) groups is 13. The number of guanidine groups is 9. The van der Waals surface area contributed by atoms with Gasteiger partial charge in [0.15, 0.2) is 82.6 Å². The van der Waals surface area contributed by atoms with Crippen molar-refractivity contribution in [3.05, 3.63) is 0 Å². The summed E-state index contributed by atoms with van der Waals surface area (Å²) in [7, 11) is 0. The lowest BCUT2D eigenvalue weighted by molar-refractivity contribution is -0.136. The highest BCUT2D eigenvalue weighted by molar-refractivity contribution is 5.99. The fourth-order valence-corrected chi connectivity index (χ4v) is 12.6. The summed E-state index contributed by atoms with van der Waals surface area (Å²) in [5, 5.41) is 16.1. The van der Waals surface area contributed by atoms with Crippen LogP contribution in [0.15, 0.2) is 44.9 Å². The second-order valence-electron chi connectivity index (χ2n) is 30.0. The van der Waals surface area contributed by atoms with Crippen molar-refractivity contribution in [3.8, 4) is 0 Å². The molecule has 0 spiro atoms. The number of ether oxygens (including phenoxy) is 3. The lowest BCUT2D eigenvalue weighted by atomic mass is 9.88. The minimum absolute atomic E-state index is 0.000891. The molecule has 0 aromatic carbocycles. The van der Waals surface area contributed by atoms with Crippen LogP contribution in [0.25, 0.3) is 0 Å². The molecule has 0 radical (unpaired) electrons. The molecule has 0 fully saturated rings. The van der Waals surface area contributed by atoms with Crippen LogP contribution in [0.4, 0.5) is 0 Å². The van der Waals surface area contributed by atoms with Crippen molar-refractivity contribution < 1.29 is 76.5 Å². The maximum absolute atomic E-state index is 15.2. The molecule has 50 nitrogen and oxygen atoms in total. The summed E-state index contributed by atoms with van der Waals surface area (Å²) in [4.78, 5) is 220. The molecule has 0 aliphatic carbocycles. The topological polar surface area (TPSA) is 927 Å². The largest absolute Gasteiger partial charge is 0.379 e. The second kappa shape index (κ2) is 68.0. The molecule has 50 heteroatoms. The molecule has 0 saturated carbocycles. The van der Waals surface area contributed by atoms with Crippen molar-refractivity contribution in [3.63, 3.8) is 0 Å². The van der Waals surface area contributed by atoms with E-state index in [2.05, 4.69) is 76.8 Å². The molecule has 0 rings (SSSR count). The smallest absolute Gasteiger partial charge is 0.246 e. The number of Topliss-reactive ketones (excluding diaryl/α,β-unsaturated/α-hetero) is 6. The third kappa shape index (κ3) is 59.4. The standard InChI is InChI=1S/C76H144N34O16/c1-3-33-125-43-51(112)19-13-34-124-35-36-126-44-61(117)106-56(62(77)118)42-105-63(119)47(15-5-25-97-69(80)81)38-57(113)52(20-9-29-101-73(88)89)108-65(121)49(17-7-27-99-71(84)85)40-59(115)54(22-11-31-103-75(92)93)110-67(123)50(18-8-28-100-72(86)87)41-60(116)55(23-12-32-104-76(94)95)109-66(122)48(16-6-26-98-70(82)83)39-58(114)53(21-10-30-102-74(90)91)107-64(120)46(37-45(2)111)14-4-24-96-68(78)79/h46-50,52-56H,3-44H2,1-2H3,(H2,77,118)(H,105,119)(H,106,117)(H,107,120)(H,108,121)(H,109,122)(H,110,123)(H4,78,79,96)(H4,80,81,97)(H4,82,83,98)(H4,84,85,99)(H4,86,87,100)(H4,88,89,101)(H4,90,91,102)(H4,92,93,103)(H4,94,95,104)/t46-,47-,48-,49-,50-,52+,53+,54+,55+,56+/m1/s1. The molecule has 0 unspecified atom stereocenters. The molecule has 10 atom stereocenters. The third-order valence-corrected chi connectivity index (χ3v) is 18.9. The summed E-state index contributed by atoms with van der Waals surface area (Å²) < 4.78 is 16.1. The molecular weight excluding hydrogens is 1650 g/mol. The van der Waals surface area contributed by atoms with Crippen molar-refractivity contribution in [2.24, 2.45) is 183 Å². The van der Waals surface area contributed by atoms with E-state index in [4.69, 9.17) is 123 Å². The highest BCUT2D eigenvalue weighted by atomic mass is 16.5. The van der Waals surface area contributed by atoms with Gasteiger partial charge in [0.25, 0.3) is 0 Å². The Hall–Kier alpha value is -12.4. The number of hydrogen-bond acceptors (Lipinski definition) is 25. The Bertz CT molecular complexity index is 3650.